The number of likely N-dealkylation sites (tertiary alicyclic amines) is 1. The molecular formula is C20H24BNO6. The van der Waals surface area contributed by atoms with Crippen molar-refractivity contribution in [2.24, 2.45) is 17.8 Å². The van der Waals surface area contributed by atoms with Gasteiger partial charge in [0.15, 0.2) is 0 Å². The number of allylic oxidation sites excluding steroid dienone is 1. The van der Waals surface area contributed by atoms with Crippen molar-refractivity contribution in [2.45, 2.75) is 32.3 Å². The Hall–Kier alpha value is -2.16. The zero-order valence-corrected chi connectivity index (χ0v) is 15.7. The van der Waals surface area contributed by atoms with Gasteiger partial charge in [-0.1, -0.05) is 25.1 Å². The van der Waals surface area contributed by atoms with Gasteiger partial charge in [0.1, 0.15) is 5.75 Å². The number of imide groups is 1. The normalized spacial score (nSPS) is 30.0. The van der Waals surface area contributed by atoms with Gasteiger partial charge in [-0.05, 0) is 42.3 Å². The molecule has 2 heterocycles. The predicted octanol–water partition coefficient (Wildman–Crippen LogP) is 1.19. The molecule has 0 spiro atoms. The molecule has 0 saturated carbocycles. The van der Waals surface area contributed by atoms with Crippen LogP contribution in [0.5, 0.6) is 5.75 Å². The molecule has 0 bridgehead atoms. The fourth-order valence-electron chi connectivity index (χ4n) is 5.03. The van der Waals surface area contributed by atoms with Crippen molar-refractivity contribution in [3.05, 3.63) is 40.9 Å². The summed E-state index contributed by atoms with van der Waals surface area (Å²) >= 11 is 0. The van der Waals surface area contributed by atoms with E-state index >= 15 is 0 Å². The van der Waals surface area contributed by atoms with Crippen molar-refractivity contribution in [3.8, 4) is 5.75 Å². The predicted molar refractivity (Wildman–Crippen MR) is 101 cm³/mol. The van der Waals surface area contributed by atoms with E-state index in [0.29, 0.717) is 36.0 Å². The fourth-order valence-corrected chi connectivity index (χ4v) is 5.03. The number of carbonyl (C=O) groups excluding carboxylic acids is 2. The van der Waals surface area contributed by atoms with E-state index in [-0.39, 0.29) is 30.6 Å². The molecule has 3 aliphatic rings. The number of amides is 2. The van der Waals surface area contributed by atoms with Gasteiger partial charge in [-0.25, -0.2) is 0 Å². The van der Waals surface area contributed by atoms with Crippen LogP contribution in [-0.4, -0.2) is 52.2 Å². The van der Waals surface area contributed by atoms with Crippen molar-refractivity contribution in [2.75, 3.05) is 13.2 Å². The number of aromatic hydroxyl groups is 1. The molecule has 1 aromatic rings. The second-order valence-electron chi connectivity index (χ2n) is 7.76. The van der Waals surface area contributed by atoms with Crippen molar-refractivity contribution >= 4 is 18.9 Å². The summed E-state index contributed by atoms with van der Waals surface area (Å²) in [5, 5.41) is 30.7. The Morgan fingerprint density at radius 2 is 1.96 bits per heavy atom. The highest BCUT2D eigenvalue weighted by atomic mass is 16.5. The first-order chi connectivity index (χ1) is 13.5. The zero-order valence-electron chi connectivity index (χ0n) is 15.7. The van der Waals surface area contributed by atoms with Gasteiger partial charge in [-0.2, -0.15) is 0 Å². The minimum atomic E-state index is -1.28. The van der Waals surface area contributed by atoms with Gasteiger partial charge in [0.2, 0.25) is 11.8 Å². The summed E-state index contributed by atoms with van der Waals surface area (Å²) in [6, 6.07) is 6.74. The molecule has 1 aromatic carbocycles. The van der Waals surface area contributed by atoms with Crippen LogP contribution in [0.1, 0.15) is 37.9 Å². The summed E-state index contributed by atoms with van der Waals surface area (Å²) in [7, 11) is -1.28. The van der Waals surface area contributed by atoms with Crippen LogP contribution in [-0.2, 0) is 14.2 Å². The summed E-state index contributed by atoms with van der Waals surface area (Å²) in [5.74, 6) is -1.82. The number of aliphatic hydroxyl groups is 1. The van der Waals surface area contributed by atoms with Gasteiger partial charge in [0.25, 0.3) is 0 Å². The minimum absolute atomic E-state index is 0.0586. The lowest BCUT2D eigenvalue weighted by molar-refractivity contribution is -0.140. The lowest BCUT2D eigenvalue weighted by atomic mass is 9.55. The van der Waals surface area contributed by atoms with E-state index in [0.717, 1.165) is 0 Å². The van der Waals surface area contributed by atoms with E-state index in [2.05, 4.69) is 0 Å². The van der Waals surface area contributed by atoms with Crippen LogP contribution in [0.3, 0.4) is 0 Å². The van der Waals surface area contributed by atoms with E-state index in [1.54, 1.807) is 24.3 Å². The van der Waals surface area contributed by atoms with Crippen LogP contribution in [0.15, 0.2) is 35.3 Å². The molecule has 4 rings (SSSR count). The Labute approximate surface area is 163 Å². The maximum absolute atomic E-state index is 13.1. The number of phenolic OH excluding ortho intramolecular Hbond substituents is 1. The number of aliphatic hydroxyl groups excluding tert-OH is 1. The molecule has 0 unspecified atom stereocenters. The Balaban J connectivity index is 1.74. The molecular weight excluding hydrogens is 361 g/mol. The molecule has 3 N–H and O–H groups in total. The molecule has 1 aliphatic carbocycles. The molecule has 2 fully saturated rings. The zero-order chi connectivity index (χ0) is 20.0. The Morgan fingerprint density at radius 1 is 1.21 bits per heavy atom. The SMILES string of the molecule is CCCN1C(=O)[C@H]2[C@H](CC(CO)=C3B(O)O[C@H](c4ccccc4O)C[C@H]32)C1=O. The number of fused-ring (bicyclic) bond motifs is 3. The molecule has 8 heteroatoms. The Bertz CT molecular complexity index is 840. The lowest BCUT2D eigenvalue weighted by Crippen LogP contribution is -2.45. The third-order valence-corrected chi connectivity index (χ3v) is 6.22. The first-order valence-electron chi connectivity index (χ1n) is 9.77. The van der Waals surface area contributed by atoms with E-state index in [9.17, 15) is 24.8 Å². The molecule has 7 nitrogen and oxygen atoms in total. The molecule has 4 atom stereocenters. The minimum Gasteiger partial charge on any atom is -0.508 e. The average Bonchev–Trinajstić information content (AvgIpc) is 2.92. The standard InChI is InChI=1S/C20H24BNO6/c1-2-7-22-19(25)14-8-11(10-23)18-13(17(14)20(22)26)9-16(28-21(18)27)12-5-3-4-6-15(12)24/h3-6,13-14,16-17,23-24,27H,2,7-10H2,1H3/t13-,14-,16-,17+/m0/s1. The van der Waals surface area contributed by atoms with Crippen LogP contribution in [0.4, 0.5) is 0 Å². The summed E-state index contributed by atoms with van der Waals surface area (Å²) in [4.78, 5) is 27.2. The van der Waals surface area contributed by atoms with Crippen molar-refractivity contribution in [1.29, 1.82) is 0 Å². The number of carbonyl (C=O) groups is 2. The highest BCUT2D eigenvalue weighted by Crippen LogP contribution is 2.51. The molecule has 2 amide bonds. The van der Waals surface area contributed by atoms with Crippen LogP contribution >= 0.6 is 0 Å². The third-order valence-electron chi connectivity index (χ3n) is 6.22. The summed E-state index contributed by atoms with van der Waals surface area (Å²) in [6.45, 7) is 2.01. The van der Waals surface area contributed by atoms with Crippen molar-refractivity contribution < 1.29 is 29.5 Å². The molecule has 148 valence electrons. The van der Waals surface area contributed by atoms with Crippen LogP contribution in [0.25, 0.3) is 0 Å². The first kappa shape index (κ1) is 19.2. The highest BCUT2D eigenvalue weighted by molar-refractivity contribution is 6.53. The van der Waals surface area contributed by atoms with Gasteiger partial charge in [-0.15, -0.1) is 0 Å². The molecule has 0 radical (unpaired) electrons. The van der Waals surface area contributed by atoms with E-state index in [4.69, 9.17) is 4.65 Å². The van der Waals surface area contributed by atoms with E-state index < -0.39 is 31.0 Å². The number of nitrogens with zero attached hydrogens (tertiary/aromatic N) is 1. The highest BCUT2D eigenvalue weighted by Gasteiger charge is 2.57. The monoisotopic (exact) mass is 385 g/mol. The van der Waals surface area contributed by atoms with Crippen LogP contribution < -0.4 is 0 Å². The summed E-state index contributed by atoms with van der Waals surface area (Å²) < 4.78 is 5.76. The number of hydrogen-bond acceptors (Lipinski definition) is 6. The number of para-hydroxylation sites is 1. The van der Waals surface area contributed by atoms with Crippen LogP contribution in [0.2, 0.25) is 0 Å². The van der Waals surface area contributed by atoms with Crippen LogP contribution in [0, 0.1) is 17.8 Å². The van der Waals surface area contributed by atoms with E-state index in [1.165, 1.54) is 4.90 Å². The Kier molecular flexibility index (Phi) is 5.03. The second-order valence-corrected chi connectivity index (χ2v) is 7.76. The van der Waals surface area contributed by atoms with Gasteiger partial charge >= 0.3 is 7.12 Å². The number of hydrogen-bond donors (Lipinski definition) is 3. The first-order valence-corrected chi connectivity index (χ1v) is 9.77. The number of benzene rings is 1. The van der Waals surface area contributed by atoms with Gasteiger partial charge in [0, 0.05) is 12.1 Å². The molecule has 2 aliphatic heterocycles. The van der Waals surface area contributed by atoms with E-state index in [1.807, 2.05) is 6.92 Å². The van der Waals surface area contributed by atoms with Gasteiger partial charge in [-0.3, -0.25) is 14.5 Å². The topological polar surface area (TPSA) is 107 Å². The molecule has 2 saturated heterocycles. The summed E-state index contributed by atoms with van der Waals surface area (Å²) in [6.07, 6.45) is 0.695. The number of rotatable bonds is 4. The van der Waals surface area contributed by atoms with Crippen molar-refractivity contribution in [3.63, 3.8) is 0 Å². The maximum Gasteiger partial charge on any atom is 0.487 e. The second kappa shape index (κ2) is 7.35. The number of phenols is 1. The smallest absolute Gasteiger partial charge is 0.487 e. The third kappa shape index (κ3) is 2.87. The quantitative estimate of drug-likeness (QED) is 0.531. The van der Waals surface area contributed by atoms with Crippen molar-refractivity contribution in [1.82, 2.24) is 4.90 Å². The summed E-state index contributed by atoms with van der Waals surface area (Å²) in [5.41, 5.74) is 1.64. The maximum atomic E-state index is 13.1. The molecule has 28 heavy (non-hydrogen) atoms. The Morgan fingerprint density at radius 3 is 2.64 bits per heavy atom. The largest absolute Gasteiger partial charge is 0.508 e. The fraction of sp³-hybridized carbons (Fsp3) is 0.500. The average molecular weight is 385 g/mol. The lowest BCUT2D eigenvalue weighted by Gasteiger charge is -2.42. The molecule has 0 aromatic heterocycles. The van der Waals surface area contributed by atoms with Gasteiger partial charge < -0.3 is 19.9 Å². The van der Waals surface area contributed by atoms with Gasteiger partial charge in [0.05, 0.1) is 24.5 Å².